The summed E-state index contributed by atoms with van der Waals surface area (Å²) in [7, 11) is 0. The molecule has 1 N–H and O–H groups in total. The lowest BCUT2D eigenvalue weighted by atomic mass is 10.1. The second-order valence-corrected chi connectivity index (χ2v) is 3.20. The second kappa shape index (κ2) is 4.33. The van der Waals surface area contributed by atoms with Crippen molar-refractivity contribution >= 4 is 17.4 Å². The molecule has 4 heteroatoms. The maximum atomic E-state index is 11.2. The van der Waals surface area contributed by atoms with Crippen LogP contribution in [0.4, 0.5) is 0 Å². The van der Waals surface area contributed by atoms with Gasteiger partial charge in [-0.05, 0) is 19.9 Å². The fourth-order valence-electron chi connectivity index (χ4n) is 1.18. The number of hydrogen-bond donors (Lipinski definition) is 1. The Hall–Kier alpha value is -1.22. The van der Waals surface area contributed by atoms with Gasteiger partial charge in [-0.3, -0.25) is 4.79 Å². The molecule has 0 saturated carbocycles. The molecule has 1 aromatic rings. The molecule has 0 atom stereocenters. The van der Waals surface area contributed by atoms with Gasteiger partial charge in [-0.1, -0.05) is 11.6 Å². The Bertz CT molecular complexity index is 361. The smallest absolute Gasteiger partial charge is 0.165 e. The molecule has 0 unspecified atom stereocenters. The van der Waals surface area contributed by atoms with Crippen LogP contribution in [0.5, 0.6) is 11.5 Å². The first-order chi connectivity index (χ1) is 6.56. The van der Waals surface area contributed by atoms with Gasteiger partial charge in [0.05, 0.1) is 17.2 Å². The molecule has 0 aromatic heterocycles. The van der Waals surface area contributed by atoms with Crippen molar-refractivity contribution in [3.8, 4) is 11.5 Å². The fourth-order valence-corrected chi connectivity index (χ4v) is 1.52. The Kier molecular flexibility index (Phi) is 3.36. The zero-order valence-corrected chi connectivity index (χ0v) is 8.76. The summed E-state index contributed by atoms with van der Waals surface area (Å²) in [5.74, 6) is 0.131. The first-order valence-corrected chi connectivity index (χ1v) is 4.60. The van der Waals surface area contributed by atoms with Gasteiger partial charge in [0.15, 0.2) is 5.78 Å². The standard InChI is InChI=1S/C10H11ClO3/c1-3-14-9-5-7(13)4-8(11)10(9)6(2)12/h4-5,13H,3H2,1-2H3. The number of phenols is 1. The Morgan fingerprint density at radius 3 is 2.71 bits per heavy atom. The third-order valence-electron chi connectivity index (χ3n) is 1.69. The zero-order chi connectivity index (χ0) is 10.7. The van der Waals surface area contributed by atoms with Gasteiger partial charge < -0.3 is 9.84 Å². The number of rotatable bonds is 3. The summed E-state index contributed by atoms with van der Waals surface area (Å²) in [5, 5.41) is 9.46. The zero-order valence-electron chi connectivity index (χ0n) is 8.00. The predicted molar refractivity (Wildman–Crippen MR) is 54.3 cm³/mol. The summed E-state index contributed by atoms with van der Waals surface area (Å²) >= 11 is 5.80. The van der Waals surface area contributed by atoms with Crippen molar-refractivity contribution in [2.45, 2.75) is 13.8 Å². The van der Waals surface area contributed by atoms with Crippen molar-refractivity contribution in [2.24, 2.45) is 0 Å². The summed E-state index contributed by atoms with van der Waals surface area (Å²) in [6.07, 6.45) is 0. The Morgan fingerprint density at radius 2 is 2.21 bits per heavy atom. The van der Waals surface area contributed by atoms with E-state index in [4.69, 9.17) is 16.3 Å². The van der Waals surface area contributed by atoms with Crippen LogP contribution in [0.25, 0.3) is 0 Å². The molecule has 1 rings (SSSR count). The van der Waals surface area contributed by atoms with E-state index in [1.807, 2.05) is 0 Å². The van der Waals surface area contributed by atoms with Crippen LogP contribution in [0.15, 0.2) is 12.1 Å². The lowest BCUT2D eigenvalue weighted by Gasteiger charge is -2.09. The van der Waals surface area contributed by atoms with Crippen LogP contribution in [0.3, 0.4) is 0 Å². The van der Waals surface area contributed by atoms with Crippen LogP contribution in [-0.2, 0) is 0 Å². The van der Waals surface area contributed by atoms with E-state index >= 15 is 0 Å². The number of carbonyl (C=O) groups excluding carboxylic acids is 1. The average molecular weight is 215 g/mol. The van der Waals surface area contributed by atoms with E-state index in [9.17, 15) is 9.90 Å². The van der Waals surface area contributed by atoms with Crippen molar-refractivity contribution < 1.29 is 14.6 Å². The summed E-state index contributed by atoms with van der Waals surface area (Å²) in [5.41, 5.74) is 0.311. The van der Waals surface area contributed by atoms with Gasteiger partial charge in [0.2, 0.25) is 0 Å². The Labute approximate surface area is 87.3 Å². The van der Waals surface area contributed by atoms with Gasteiger partial charge in [0.25, 0.3) is 0 Å². The fraction of sp³-hybridized carbons (Fsp3) is 0.300. The molecular weight excluding hydrogens is 204 g/mol. The van der Waals surface area contributed by atoms with Gasteiger partial charge in [0, 0.05) is 6.07 Å². The Morgan fingerprint density at radius 1 is 1.57 bits per heavy atom. The molecule has 0 bridgehead atoms. The minimum atomic E-state index is -0.182. The molecule has 0 heterocycles. The number of phenolic OH excluding ortho intramolecular Hbond substituents is 1. The quantitative estimate of drug-likeness (QED) is 0.787. The lowest BCUT2D eigenvalue weighted by Crippen LogP contribution is -2.01. The van der Waals surface area contributed by atoms with Gasteiger partial charge in [-0.15, -0.1) is 0 Å². The maximum absolute atomic E-state index is 11.2. The highest BCUT2D eigenvalue weighted by Crippen LogP contribution is 2.31. The molecular formula is C10H11ClO3. The van der Waals surface area contributed by atoms with E-state index in [0.29, 0.717) is 17.9 Å². The van der Waals surface area contributed by atoms with Crippen LogP contribution in [0.1, 0.15) is 24.2 Å². The molecule has 76 valence electrons. The highest BCUT2D eigenvalue weighted by atomic mass is 35.5. The normalized spacial score (nSPS) is 9.93. The van der Waals surface area contributed by atoms with Crippen molar-refractivity contribution in [2.75, 3.05) is 6.61 Å². The molecule has 0 aliphatic rings. The summed E-state index contributed by atoms with van der Waals surface area (Å²) in [6.45, 7) is 3.61. The van der Waals surface area contributed by atoms with Crippen molar-refractivity contribution in [3.05, 3.63) is 22.7 Å². The number of Topliss-reactive ketones (excluding diaryl/α,β-unsaturated/α-hetero) is 1. The number of carbonyl (C=O) groups is 1. The number of halogens is 1. The number of ketones is 1. The molecule has 0 spiro atoms. The first-order valence-electron chi connectivity index (χ1n) is 4.22. The largest absolute Gasteiger partial charge is 0.508 e. The molecule has 0 aliphatic heterocycles. The molecule has 0 fully saturated rings. The van der Waals surface area contributed by atoms with E-state index in [1.165, 1.54) is 19.1 Å². The summed E-state index contributed by atoms with van der Waals surface area (Å²) < 4.78 is 5.19. The van der Waals surface area contributed by atoms with Crippen LogP contribution >= 0.6 is 11.6 Å². The Balaban J connectivity index is 3.28. The SMILES string of the molecule is CCOc1cc(O)cc(Cl)c1C(C)=O. The van der Waals surface area contributed by atoms with E-state index in [0.717, 1.165) is 0 Å². The number of aromatic hydroxyl groups is 1. The topological polar surface area (TPSA) is 46.5 Å². The molecule has 1 aromatic carbocycles. The van der Waals surface area contributed by atoms with Crippen LogP contribution in [0.2, 0.25) is 5.02 Å². The van der Waals surface area contributed by atoms with Gasteiger partial charge in [-0.25, -0.2) is 0 Å². The van der Waals surface area contributed by atoms with Gasteiger partial charge in [-0.2, -0.15) is 0 Å². The van der Waals surface area contributed by atoms with Crippen LogP contribution < -0.4 is 4.74 Å². The van der Waals surface area contributed by atoms with Gasteiger partial charge >= 0.3 is 0 Å². The number of hydrogen-bond acceptors (Lipinski definition) is 3. The predicted octanol–water partition coefficient (Wildman–Crippen LogP) is 2.65. The van der Waals surface area contributed by atoms with E-state index in [2.05, 4.69) is 0 Å². The number of benzene rings is 1. The highest BCUT2D eigenvalue weighted by Gasteiger charge is 2.14. The summed E-state index contributed by atoms with van der Waals surface area (Å²) in [4.78, 5) is 11.2. The van der Waals surface area contributed by atoms with E-state index in [1.54, 1.807) is 6.92 Å². The van der Waals surface area contributed by atoms with Crippen LogP contribution in [-0.4, -0.2) is 17.5 Å². The third-order valence-corrected chi connectivity index (χ3v) is 1.99. The highest BCUT2D eigenvalue weighted by molar-refractivity contribution is 6.34. The first kappa shape index (κ1) is 10.9. The van der Waals surface area contributed by atoms with Crippen molar-refractivity contribution in [1.82, 2.24) is 0 Å². The van der Waals surface area contributed by atoms with Crippen LogP contribution in [0, 0.1) is 0 Å². The molecule has 0 amide bonds. The van der Waals surface area contributed by atoms with Gasteiger partial charge in [0.1, 0.15) is 11.5 Å². The molecule has 0 saturated heterocycles. The van der Waals surface area contributed by atoms with Crippen molar-refractivity contribution in [1.29, 1.82) is 0 Å². The lowest BCUT2D eigenvalue weighted by molar-refractivity contribution is 0.101. The van der Waals surface area contributed by atoms with E-state index < -0.39 is 0 Å². The monoisotopic (exact) mass is 214 g/mol. The summed E-state index contributed by atoms with van der Waals surface area (Å²) in [6, 6.07) is 2.70. The molecule has 0 radical (unpaired) electrons. The minimum absolute atomic E-state index is 0.0107. The van der Waals surface area contributed by atoms with E-state index in [-0.39, 0.29) is 16.6 Å². The van der Waals surface area contributed by atoms with Crippen molar-refractivity contribution in [3.63, 3.8) is 0 Å². The maximum Gasteiger partial charge on any atom is 0.165 e. The molecule has 0 aliphatic carbocycles. The average Bonchev–Trinajstić information content (AvgIpc) is 2.01. The number of ether oxygens (including phenoxy) is 1. The second-order valence-electron chi connectivity index (χ2n) is 2.79. The minimum Gasteiger partial charge on any atom is -0.508 e. The molecule has 14 heavy (non-hydrogen) atoms. The molecule has 3 nitrogen and oxygen atoms in total. The third kappa shape index (κ3) is 2.17.